The van der Waals surface area contributed by atoms with E-state index in [0.29, 0.717) is 12.8 Å². The van der Waals surface area contributed by atoms with Gasteiger partial charge in [-0.2, -0.15) is 0 Å². The second kappa shape index (κ2) is 42.1. The normalized spacial score (nSPS) is 20.3. The molecule has 6 atom stereocenters. The molecule has 0 aromatic heterocycles. The zero-order chi connectivity index (χ0) is 45.1. The molecule has 4 N–H and O–H groups in total. The van der Waals surface area contributed by atoms with E-state index in [-0.39, 0.29) is 26.1 Å². The zero-order valence-electron chi connectivity index (χ0n) is 38.8. The van der Waals surface area contributed by atoms with E-state index in [1.165, 1.54) is 51.4 Å². The van der Waals surface area contributed by atoms with Gasteiger partial charge < -0.3 is 39.4 Å². The fourth-order valence-electron chi connectivity index (χ4n) is 6.96. The Labute approximate surface area is 376 Å². The van der Waals surface area contributed by atoms with Gasteiger partial charge in [0, 0.05) is 12.8 Å². The van der Waals surface area contributed by atoms with Crippen molar-refractivity contribution in [3.05, 3.63) is 72.9 Å². The van der Waals surface area contributed by atoms with Crippen molar-refractivity contribution in [3.63, 3.8) is 0 Å². The molecule has 1 aliphatic rings. The Hall–Kier alpha value is -2.86. The quantitative estimate of drug-likeness (QED) is 0.0266. The molecular formula is C52H88O10. The fraction of sp³-hybridized carbons (Fsp3) is 0.731. The predicted octanol–water partition coefficient (Wildman–Crippen LogP) is 11.2. The maximum Gasteiger partial charge on any atom is 0.306 e. The summed E-state index contributed by atoms with van der Waals surface area (Å²) in [5.41, 5.74) is 0. The first kappa shape index (κ1) is 57.2. The molecule has 62 heavy (non-hydrogen) atoms. The Balaban J connectivity index is 2.28. The van der Waals surface area contributed by atoms with Crippen LogP contribution in [-0.2, 0) is 28.5 Å². The molecule has 0 radical (unpaired) electrons. The Kier molecular flexibility index (Phi) is 38.8. The Morgan fingerprint density at radius 1 is 0.516 bits per heavy atom. The Morgan fingerprint density at radius 2 is 0.952 bits per heavy atom. The van der Waals surface area contributed by atoms with E-state index in [1.807, 2.05) is 0 Å². The van der Waals surface area contributed by atoms with Crippen molar-refractivity contribution in [2.75, 3.05) is 19.8 Å². The third-order valence-electron chi connectivity index (χ3n) is 10.8. The number of esters is 2. The smallest absolute Gasteiger partial charge is 0.306 e. The molecular weight excluding hydrogens is 785 g/mol. The number of carbonyl (C=O) groups is 2. The first-order chi connectivity index (χ1) is 30.3. The van der Waals surface area contributed by atoms with E-state index in [1.54, 1.807) is 0 Å². The monoisotopic (exact) mass is 873 g/mol. The molecule has 356 valence electrons. The fourth-order valence-corrected chi connectivity index (χ4v) is 6.96. The van der Waals surface area contributed by atoms with Gasteiger partial charge in [-0.1, -0.05) is 170 Å². The summed E-state index contributed by atoms with van der Waals surface area (Å²) in [6.45, 7) is 3.25. The van der Waals surface area contributed by atoms with Crippen molar-refractivity contribution >= 4 is 11.9 Å². The van der Waals surface area contributed by atoms with Gasteiger partial charge >= 0.3 is 11.9 Å². The van der Waals surface area contributed by atoms with Crippen LogP contribution in [-0.4, -0.2) is 89.0 Å². The summed E-state index contributed by atoms with van der Waals surface area (Å²) in [5.74, 6) is -0.831. The van der Waals surface area contributed by atoms with Gasteiger partial charge in [0.05, 0.1) is 13.2 Å². The van der Waals surface area contributed by atoms with Crippen molar-refractivity contribution in [2.24, 2.45) is 0 Å². The van der Waals surface area contributed by atoms with Crippen LogP contribution in [0, 0.1) is 0 Å². The summed E-state index contributed by atoms with van der Waals surface area (Å²) >= 11 is 0. The maximum atomic E-state index is 12.8. The number of rotatable bonds is 40. The van der Waals surface area contributed by atoms with Crippen LogP contribution in [0.1, 0.15) is 187 Å². The molecule has 0 aromatic rings. The van der Waals surface area contributed by atoms with E-state index in [0.717, 1.165) is 96.3 Å². The third-order valence-corrected chi connectivity index (χ3v) is 10.8. The van der Waals surface area contributed by atoms with Crippen LogP contribution in [0.15, 0.2) is 72.9 Å². The first-order valence-corrected chi connectivity index (χ1v) is 24.5. The SMILES string of the molecule is CC/C=C\C/C=C\C/C=C\C/C=C\CCCCCCCCCCCCC(=O)OC(COC(=O)CCCCCCC/C=C\C/C=C\CCCC)COC1OC(CO)C(O)C(O)C1O. The number of unbranched alkanes of at least 4 members (excludes halogenated alkanes) is 17. The number of hydrogen-bond donors (Lipinski definition) is 4. The molecule has 1 saturated heterocycles. The Bertz CT molecular complexity index is 1240. The van der Waals surface area contributed by atoms with Gasteiger partial charge in [0.15, 0.2) is 12.4 Å². The molecule has 1 fully saturated rings. The minimum Gasteiger partial charge on any atom is -0.462 e. The van der Waals surface area contributed by atoms with Gasteiger partial charge in [-0.15, -0.1) is 0 Å². The molecule has 1 heterocycles. The number of aliphatic hydroxyl groups excluding tert-OH is 4. The Morgan fingerprint density at radius 3 is 1.44 bits per heavy atom. The third kappa shape index (κ3) is 32.8. The summed E-state index contributed by atoms with van der Waals surface area (Å²) in [5, 5.41) is 40.2. The highest BCUT2D eigenvalue weighted by atomic mass is 16.7. The highest BCUT2D eigenvalue weighted by Crippen LogP contribution is 2.23. The van der Waals surface area contributed by atoms with Gasteiger partial charge in [0.1, 0.15) is 31.0 Å². The number of carbonyl (C=O) groups excluding carboxylic acids is 2. The van der Waals surface area contributed by atoms with Crippen molar-refractivity contribution in [1.82, 2.24) is 0 Å². The van der Waals surface area contributed by atoms with Gasteiger partial charge in [0.25, 0.3) is 0 Å². The van der Waals surface area contributed by atoms with Crippen molar-refractivity contribution in [2.45, 2.75) is 224 Å². The highest BCUT2D eigenvalue weighted by Gasteiger charge is 2.44. The zero-order valence-corrected chi connectivity index (χ0v) is 38.8. The topological polar surface area (TPSA) is 152 Å². The van der Waals surface area contributed by atoms with Crippen molar-refractivity contribution in [3.8, 4) is 0 Å². The molecule has 0 spiro atoms. The molecule has 0 bridgehead atoms. The van der Waals surface area contributed by atoms with Crippen LogP contribution < -0.4 is 0 Å². The number of ether oxygens (including phenoxy) is 4. The van der Waals surface area contributed by atoms with E-state index in [9.17, 15) is 30.0 Å². The maximum absolute atomic E-state index is 12.8. The van der Waals surface area contributed by atoms with Crippen molar-refractivity contribution < 1.29 is 49.0 Å². The van der Waals surface area contributed by atoms with Crippen LogP contribution in [0.4, 0.5) is 0 Å². The summed E-state index contributed by atoms with van der Waals surface area (Å²) in [7, 11) is 0. The van der Waals surface area contributed by atoms with Crippen molar-refractivity contribution in [1.29, 1.82) is 0 Å². The van der Waals surface area contributed by atoms with Crippen LogP contribution in [0.25, 0.3) is 0 Å². The summed E-state index contributed by atoms with van der Waals surface area (Å²) in [6.07, 6.45) is 46.2. The lowest BCUT2D eigenvalue weighted by Crippen LogP contribution is -2.59. The van der Waals surface area contributed by atoms with Crippen LogP contribution in [0.5, 0.6) is 0 Å². The van der Waals surface area contributed by atoms with E-state index in [4.69, 9.17) is 18.9 Å². The summed E-state index contributed by atoms with van der Waals surface area (Å²) < 4.78 is 22.2. The minimum absolute atomic E-state index is 0.218. The number of allylic oxidation sites excluding steroid dienone is 12. The molecule has 1 aliphatic heterocycles. The molecule has 6 unspecified atom stereocenters. The van der Waals surface area contributed by atoms with Gasteiger partial charge in [-0.25, -0.2) is 0 Å². The molecule has 10 nitrogen and oxygen atoms in total. The summed E-state index contributed by atoms with van der Waals surface area (Å²) in [4.78, 5) is 25.4. The predicted molar refractivity (Wildman–Crippen MR) is 251 cm³/mol. The lowest BCUT2D eigenvalue weighted by Gasteiger charge is -2.39. The van der Waals surface area contributed by atoms with Gasteiger partial charge in [-0.3, -0.25) is 9.59 Å². The minimum atomic E-state index is -1.60. The molecule has 0 amide bonds. The number of aliphatic hydroxyl groups is 4. The average molecular weight is 873 g/mol. The van der Waals surface area contributed by atoms with Gasteiger partial charge in [-0.05, 0) is 77.0 Å². The standard InChI is InChI=1S/C52H88O10/c1-3-5-7-9-11-13-15-17-19-20-21-22-23-24-25-26-27-29-31-33-35-37-39-41-48(55)61-45(44-60-52-51(58)50(57)49(56)46(42-53)62-52)43-59-47(54)40-38-36-34-32-30-28-18-16-14-12-10-8-6-4-2/h5,7,10-13,16-19,21-22,45-46,49-53,56-58H,3-4,6,8-9,14-15,20,23-44H2,1-2H3/b7-5-,12-10-,13-11-,18-16-,19-17-,22-21-. The number of hydrogen-bond acceptors (Lipinski definition) is 10. The largest absolute Gasteiger partial charge is 0.462 e. The lowest BCUT2D eigenvalue weighted by molar-refractivity contribution is -0.305. The molecule has 1 rings (SSSR count). The summed E-state index contributed by atoms with van der Waals surface area (Å²) in [6, 6.07) is 0. The highest BCUT2D eigenvalue weighted by molar-refractivity contribution is 5.70. The van der Waals surface area contributed by atoms with Gasteiger partial charge in [0.2, 0.25) is 0 Å². The molecule has 10 heteroatoms. The van der Waals surface area contributed by atoms with E-state index in [2.05, 4.69) is 86.8 Å². The average Bonchev–Trinajstić information content (AvgIpc) is 3.27. The van der Waals surface area contributed by atoms with Crippen LogP contribution in [0.2, 0.25) is 0 Å². The van der Waals surface area contributed by atoms with Crippen LogP contribution >= 0.6 is 0 Å². The molecule has 0 saturated carbocycles. The first-order valence-electron chi connectivity index (χ1n) is 24.5. The lowest BCUT2D eigenvalue weighted by atomic mass is 9.99. The van der Waals surface area contributed by atoms with E-state index < -0.39 is 55.4 Å². The second-order valence-electron chi connectivity index (χ2n) is 16.5. The van der Waals surface area contributed by atoms with Crippen LogP contribution in [0.3, 0.4) is 0 Å². The molecule has 0 aromatic carbocycles. The molecule has 0 aliphatic carbocycles. The second-order valence-corrected chi connectivity index (χ2v) is 16.5. The van der Waals surface area contributed by atoms with E-state index >= 15 is 0 Å².